The van der Waals surface area contributed by atoms with Crippen molar-refractivity contribution in [3.63, 3.8) is 0 Å². The zero-order chi connectivity index (χ0) is 16.1. The Bertz CT molecular complexity index is 703. The molecule has 0 saturated carbocycles. The number of nitrogen functional groups attached to an aromatic ring is 1. The number of aromatic nitrogens is 3. The highest BCUT2D eigenvalue weighted by molar-refractivity contribution is 5.89. The molecule has 0 radical (unpaired) electrons. The molecule has 1 saturated heterocycles. The summed E-state index contributed by atoms with van der Waals surface area (Å²) < 4.78 is 22.0. The molecule has 7 nitrogen and oxygen atoms in total. The molecule has 3 rings (SSSR count). The Labute approximate surface area is 126 Å². The lowest BCUT2D eigenvalue weighted by atomic mass is 9.98. The van der Waals surface area contributed by atoms with Crippen molar-refractivity contribution in [2.24, 2.45) is 0 Å². The fourth-order valence-electron chi connectivity index (χ4n) is 3.00. The van der Waals surface area contributed by atoms with Gasteiger partial charge in [0.15, 0.2) is 11.9 Å². The minimum atomic E-state index is -2.07. The smallest absolute Gasteiger partial charge is 0.181 e. The number of hydrogen-bond acceptors (Lipinski definition) is 6. The highest BCUT2D eigenvalue weighted by Gasteiger charge is 2.55. The molecule has 4 atom stereocenters. The number of fused-ring (bicyclic) bond motifs is 1. The Kier molecular flexibility index (Phi) is 3.54. The quantitative estimate of drug-likeness (QED) is 0.764. The van der Waals surface area contributed by atoms with Gasteiger partial charge in [-0.15, -0.1) is 0 Å². The van der Waals surface area contributed by atoms with E-state index < -0.39 is 30.7 Å². The van der Waals surface area contributed by atoms with Gasteiger partial charge in [-0.05, 0) is 18.9 Å². The van der Waals surface area contributed by atoms with Crippen molar-refractivity contribution in [3.8, 4) is 0 Å². The summed E-state index contributed by atoms with van der Waals surface area (Å²) in [6.07, 6.45) is 0.175. The third kappa shape index (κ3) is 1.98. The van der Waals surface area contributed by atoms with Crippen LogP contribution in [0.1, 0.15) is 25.6 Å². The monoisotopic (exact) mass is 310 g/mol. The van der Waals surface area contributed by atoms with Crippen molar-refractivity contribution < 1.29 is 19.3 Å². The molecule has 0 spiro atoms. The number of nitrogens with zero attached hydrogens (tertiary/aromatic N) is 3. The molecule has 0 bridgehead atoms. The Balaban J connectivity index is 2.17. The second kappa shape index (κ2) is 5.15. The van der Waals surface area contributed by atoms with Crippen molar-refractivity contribution in [2.45, 2.75) is 44.4 Å². The van der Waals surface area contributed by atoms with Crippen LogP contribution < -0.4 is 5.73 Å². The van der Waals surface area contributed by atoms with Gasteiger partial charge in [-0.2, -0.15) is 0 Å². The normalized spacial score (nSPS) is 32.0. The van der Waals surface area contributed by atoms with E-state index in [1.54, 1.807) is 6.20 Å². The first kappa shape index (κ1) is 15.1. The van der Waals surface area contributed by atoms with Crippen molar-refractivity contribution >= 4 is 16.9 Å². The van der Waals surface area contributed by atoms with Crippen molar-refractivity contribution in [1.82, 2.24) is 14.5 Å². The molecule has 8 heteroatoms. The summed E-state index contributed by atoms with van der Waals surface area (Å²) >= 11 is 0. The van der Waals surface area contributed by atoms with Crippen LogP contribution in [0.4, 0.5) is 10.2 Å². The Morgan fingerprint density at radius 2 is 2.23 bits per heavy atom. The molecule has 3 heterocycles. The van der Waals surface area contributed by atoms with E-state index in [9.17, 15) is 14.6 Å². The number of ether oxygens (including phenoxy) is 1. The van der Waals surface area contributed by atoms with E-state index in [1.807, 2.05) is 6.92 Å². The van der Waals surface area contributed by atoms with Gasteiger partial charge in [0.25, 0.3) is 0 Å². The highest BCUT2D eigenvalue weighted by Crippen LogP contribution is 2.43. The lowest BCUT2D eigenvalue weighted by molar-refractivity contribution is -0.0564. The third-order valence-electron chi connectivity index (χ3n) is 4.25. The molecular weight excluding hydrogens is 291 g/mol. The Hall–Kier alpha value is -1.77. The van der Waals surface area contributed by atoms with Crippen molar-refractivity contribution in [1.29, 1.82) is 0 Å². The van der Waals surface area contributed by atoms with E-state index in [0.717, 1.165) is 5.56 Å². The number of aliphatic hydroxyl groups is 2. The number of anilines is 1. The second-order valence-corrected chi connectivity index (χ2v) is 5.68. The molecule has 1 fully saturated rings. The summed E-state index contributed by atoms with van der Waals surface area (Å²) in [5.74, 6) is 0.318. The number of aryl methyl sites for hydroxylation is 1. The van der Waals surface area contributed by atoms with Crippen LogP contribution in [0.5, 0.6) is 0 Å². The van der Waals surface area contributed by atoms with Crippen LogP contribution in [0.15, 0.2) is 12.5 Å². The van der Waals surface area contributed by atoms with Crippen LogP contribution in [-0.2, 0) is 11.2 Å². The van der Waals surface area contributed by atoms with E-state index in [-0.39, 0.29) is 0 Å². The molecule has 0 unspecified atom stereocenters. The zero-order valence-corrected chi connectivity index (χ0v) is 12.4. The number of alkyl halides is 1. The first-order valence-electron chi connectivity index (χ1n) is 7.15. The molecule has 2 aromatic rings. The number of halogens is 1. The van der Waals surface area contributed by atoms with Gasteiger partial charge in [0.2, 0.25) is 0 Å². The van der Waals surface area contributed by atoms with Crippen LogP contribution in [0.2, 0.25) is 0 Å². The molecule has 22 heavy (non-hydrogen) atoms. The minimum absolute atomic E-state index is 0.318. The van der Waals surface area contributed by atoms with Crippen molar-refractivity contribution in [2.75, 3.05) is 12.3 Å². The van der Waals surface area contributed by atoms with E-state index in [0.29, 0.717) is 23.3 Å². The molecule has 1 aliphatic rings. The van der Waals surface area contributed by atoms with E-state index >= 15 is 0 Å². The SMILES string of the molecule is CCc1cn([C@@H]2O[C@H](CO)[C@@H](O)[C@@]2(C)F)c2ncnc(N)c12. The molecule has 120 valence electrons. The summed E-state index contributed by atoms with van der Waals surface area (Å²) in [5.41, 5.74) is 5.16. The number of nitrogens with two attached hydrogens (primary N) is 1. The van der Waals surface area contributed by atoms with Gasteiger partial charge in [-0.25, -0.2) is 14.4 Å². The summed E-state index contributed by atoms with van der Waals surface area (Å²) in [4.78, 5) is 8.15. The Morgan fingerprint density at radius 3 is 2.82 bits per heavy atom. The predicted molar refractivity (Wildman–Crippen MR) is 77.8 cm³/mol. The third-order valence-corrected chi connectivity index (χ3v) is 4.25. The van der Waals surface area contributed by atoms with E-state index in [1.165, 1.54) is 17.8 Å². The molecule has 0 amide bonds. The zero-order valence-electron chi connectivity index (χ0n) is 12.4. The minimum Gasteiger partial charge on any atom is -0.394 e. The standard InChI is InChI=1S/C14H19FN4O3/c1-3-7-4-19(12-9(7)11(16)17-6-18-12)13-14(2,15)10(21)8(5-20)22-13/h4,6,8,10,13,20-21H,3,5H2,1-2H3,(H2,16,17,18)/t8-,10-,13-,14-/m1/s1. The lowest BCUT2D eigenvalue weighted by Crippen LogP contribution is -2.40. The molecular formula is C14H19FN4O3. The van der Waals surface area contributed by atoms with Gasteiger partial charge < -0.3 is 25.3 Å². The number of aliphatic hydroxyl groups excluding tert-OH is 2. The van der Waals surface area contributed by atoms with Crippen LogP contribution in [0, 0.1) is 0 Å². The molecule has 0 aromatic carbocycles. The number of rotatable bonds is 3. The first-order valence-corrected chi connectivity index (χ1v) is 7.15. The highest BCUT2D eigenvalue weighted by atomic mass is 19.1. The van der Waals surface area contributed by atoms with Crippen LogP contribution in [0.25, 0.3) is 11.0 Å². The predicted octanol–water partition coefficient (Wildman–Crippen LogP) is 0.555. The van der Waals surface area contributed by atoms with Gasteiger partial charge in [-0.1, -0.05) is 6.92 Å². The summed E-state index contributed by atoms with van der Waals surface area (Å²) in [6, 6.07) is 0. The van der Waals surface area contributed by atoms with Gasteiger partial charge >= 0.3 is 0 Å². The largest absolute Gasteiger partial charge is 0.394 e. The summed E-state index contributed by atoms with van der Waals surface area (Å²) in [7, 11) is 0. The average molecular weight is 310 g/mol. The van der Waals surface area contributed by atoms with Crippen LogP contribution >= 0.6 is 0 Å². The molecule has 2 aromatic heterocycles. The van der Waals surface area contributed by atoms with Crippen LogP contribution in [0.3, 0.4) is 0 Å². The van der Waals surface area contributed by atoms with Crippen LogP contribution in [-0.4, -0.2) is 49.2 Å². The maximum Gasteiger partial charge on any atom is 0.181 e. The molecule has 4 N–H and O–H groups in total. The Morgan fingerprint density at radius 1 is 1.50 bits per heavy atom. The summed E-state index contributed by atoms with van der Waals surface area (Å²) in [5, 5.41) is 19.9. The maximum atomic E-state index is 15.0. The molecule has 0 aliphatic carbocycles. The van der Waals surface area contributed by atoms with Gasteiger partial charge in [0.1, 0.15) is 30.0 Å². The van der Waals surface area contributed by atoms with Crippen molar-refractivity contribution in [3.05, 3.63) is 18.1 Å². The van der Waals surface area contributed by atoms with Gasteiger partial charge in [0.05, 0.1) is 12.0 Å². The maximum absolute atomic E-state index is 15.0. The van der Waals surface area contributed by atoms with E-state index in [2.05, 4.69) is 9.97 Å². The molecule has 1 aliphatic heterocycles. The number of hydrogen-bond donors (Lipinski definition) is 3. The lowest BCUT2D eigenvalue weighted by Gasteiger charge is -2.25. The average Bonchev–Trinajstić information content (AvgIpc) is 2.97. The van der Waals surface area contributed by atoms with Gasteiger partial charge in [0, 0.05) is 6.20 Å². The van der Waals surface area contributed by atoms with E-state index in [4.69, 9.17) is 10.5 Å². The van der Waals surface area contributed by atoms with Gasteiger partial charge in [-0.3, -0.25) is 0 Å². The fraction of sp³-hybridized carbons (Fsp3) is 0.571. The fourth-order valence-corrected chi connectivity index (χ4v) is 3.00. The second-order valence-electron chi connectivity index (χ2n) is 5.68. The summed E-state index contributed by atoms with van der Waals surface area (Å²) in [6.45, 7) is 2.73. The topological polar surface area (TPSA) is 106 Å². The first-order chi connectivity index (χ1) is 10.4.